The van der Waals surface area contributed by atoms with E-state index in [9.17, 15) is 17.6 Å². The Balaban J connectivity index is 1.79. The van der Waals surface area contributed by atoms with Crippen LogP contribution < -0.4 is 10.1 Å². The van der Waals surface area contributed by atoms with Crippen molar-refractivity contribution in [1.29, 1.82) is 0 Å². The smallest absolute Gasteiger partial charge is 0.257 e. The number of fused-ring (bicyclic) bond motifs is 3. The van der Waals surface area contributed by atoms with Crippen LogP contribution in [-0.2, 0) is 9.84 Å². The van der Waals surface area contributed by atoms with Crippen LogP contribution in [-0.4, -0.2) is 52.5 Å². The molecule has 0 saturated carbocycles. The number of sulfone groups is 1. The van der Waals surface area contributed by atoms with Crippen molar-refractivity contribution in [3.05, 3.63) is 53.3 Å². The summed E-state index contributed by atoms with van der Waals surface area (Å²) < 4.78 is 46.8. The van der Waals surface area contributed by atoms with Crippen LogP contribution in [0, 0.1) is 5.82 Å². The Morgan fingerprint density at radius 1 is 1.25 bits per heavy atom. The van der Waals surface area contributed by atoms with E-state index in [1.807, 2.05) is 0 Å². The number of rotatable bonds is 3. The number of amides is 1. The van der Waals surface area contributed by atoms with E-state index >= 15 is 0 Å². The highest BCUT2D eigenvalue weighted by atomic mass is 32.2. The van der Waals surface area contributed by atoms with Crippen LogP contribution >= 0.6 is 0 Å². The van der Waals surface area contributed by atoms with E-state index in [2.05, 4.69) is 5.32 Å². The average Bonchev–Trinajstić information content (AvgIpc) is 3.05. The van der Waals surface area contributed by atoms with Gasteiger partial charge < -0.3 is 15.0 Å². The summed E-state index contributed by atoms with van der Waals surface area (Å²) in [5, 5.41) is 3.27. The summed E-state index contributed by atoms with van der Waals surface area (Å²) >= 11 is 0. The lowest BCUT2D eigenvalue weighted by atomic mass is 9.90. The van der Waals surface area contributed by atoms with Gasteiger partial charge in [0.25, 0.3) is 5.91 Å². The van der Waals surface area contributed by atoms with Gasteiger partial charge >= 0.3 is 0 Å². The summed E-state index contributed by atoms with van der Waals surface area (Å²) in [5.74, 6) is -0.787. The molecule has 2 aliphatic rings. The summed E-state index contributed by atoms with van der Waals surface area (Å²) in [6.07, 6.45) is 0.913. The number of carbonyl (C=O) groups is 1. The average molecular weight is 404 g/mol. The lowest BCUT2D eigenvalue weighted by molar-refractivity contribution is 0.0819. The maximum absolute atomic E-state index is 14.4. The molecule has 4 rings (SSSR count). The van der Waals surface area contributed by atoms with Crippen molar-refractivity contribution < 1.29 is 22.3 Å². The summed E-state index contributed by atoms with van der Waals surface area (Å²) in [7, 11) is -1.21. The number of halogens is 1. The molecule has 0 spiro atoms. The van der Waals surface area contributed by atoms with Gasteiger partial charge in [-0.05, 0) is 37.2 Å². The van der Waals surface area contributed by atoms with E-state index < -0.39 is 27.1 Å². The summed E-state index contributed by atoms with van der Waals surface area (Å²) in [6, 6.07) is 8.39. The van der Waals surface area contributed by atoms with Crippen LogP contribution in [0.4, 0.5) is 4.39 Å². The SMILES string of the molecule is CN(C)C(=O)c1c(F)cccc1S(=O)(=O)c1ccc2c(c1)OC1CNCCC21. The van der Waals surface area contributed by atoms with Crippen LogP contribution in [0.1, 0.15) is 28.3 Å². The molecular weight excluding hydrogens is 383 g/mol. The number of carbonyl (C=O) groups excluding carboxylic acids is 1. The van der Waals surface area contributed by atoms with Crippen molar-refractivity contribution in [3.63, 3.8) is 0 Å². The monoisotopic (exact) mass is 404 g/mol. The third kappa shape index (κ3) is 2.97. The van der Waals surface area contributed by atoms with E-state index in [-0.39, 0.29) is 21.8 Å². The van der Waals surface area contributed by atoms with E-state index in [1.54, 1.807) is 6.07 Å². The summed E-state index contributed by atoms with van der Waals surface area (Å²) in [4.78, 5) is 13.2. The van der Waals surface area contributed by atoms with Gasteiger partial charge in [-0.15, -0.1) is 0 Å². The summed E-state index contributed by atoms with van der Waals surface area (Å²) in [6.45, 7) is 1.61. The number of benzene rings is 2. The molecule has 8 heteroatoms. The van der Waals surface area contributed by atoms with Gasteiger partial charge in [0.1, 0.15) is 17.7 Å². The van der Waals surface area contributed by atoms with Crippen LogP contribution in [0.15, 0.2) is 46.2 Å². The van der Waals surface area contributed by atoms with Gasteiger partial charge in [0.15, 0.2) is 0 Å². The van der Waals surface area contributed by atoms with Crippen molar-refractivity contribution >= 4 is 15.7 Å². The lowest BCUT2D eigenvalue weighted by Crippen LogP contribution is -2.39. The maximum atomic E-state index is 14.4. The zero-order chi connectivity index (χ0) is 20.1. The summed E-state index contributed by atoms with van der Waals surface area (Å²) in [5.41, 5.74) is 0.543. The molecule has 0 radical (unpaired) electrons. The number of hydrogen-bond donors (Lipinski definition) is 1. The highest BCUT2D eigenvalue weighted by molar-refractivity contribution is 7.91. The van der Waals surface area contributed by atoms with Crippen molar-refractivity contribution in [2.24, 2.45) is 0 Å². The Labute approximate surface area is 163 Å². The Morgan fingerprint density at radius 2 is 2.04 bits per heavy atom. The molecule has 28 heavy (non-hydrogen) atoms. The first-order valence-corrected chi connectivity index (χ1v) is 10.6. The maximum Gasteiger partial charge on any atom is 0.257 e. The topological polar surface area (TPSA) is 75.7 Å². The molecule has 0 bridgehead atoms. The van der Waals surface area contributed by atoms with Crippen molar-refractivity contribution in [1.82, 2.24) is 10.2 Å². The third-order valence-corrected chi connectivity index (χ3v) is 7.08. The van der Waals surface area contributed by atoms with E-state index in [4.69, 9.17) is 4.74 Å². The Hall–Kier alpha value is -2.45. The Morgan fingerprint density at radius 3 is 2.79 bits per heavy atom. The molecule has 1 saturated heterocycles. The van der Waals surface area contributed by atoms with Crippen molar-refractivity contribution in [2.75, 3.05) is 27.2 Å². The van der Waals surface area contributed by atoms with Gasteiger partial charge in [-0.3, -0.25) is 4.79 Å². The molecule has 2 aromatic carbocycles. The number of ether oxygens (including phenoxy) is 1. The normalized spacial score (nSPS) is 20.8. The predicted octanol–water partition coefficient (Wildman–Crippen LogP) is 2.20. The second-order valence-corrected chi connectivity index (χ2v) is 9.19. The molecule has 2 atom stereocenters. The minimum absolute atomic E-state index is 0.0123. The molecule has 1 fully saturated rings. The first-order valence-electron chi connectivity index (χ1n) is 9.07. The molecular formula is C20H21FN2O4S. The van der Waals surface area contributed by atoms with Gasteiger partial charge in [-0.2, -0.15) is 0 Å². The predicted molar refractivity (Wildman–Crippen MR) is 101 cm³/mol. The zero-order valence-electron chi connectivity index (χ0n) is 15.6. The number of nitrogens with zero attached hydrogens (tertiary/aromatic N) is 1. The van der Waals surface area contributed by atoms with Gasteiger partial charge in [0.05, 0.1) is 15.4 Å². The van der Waals surface area contributed by atoms with Gasteiger partial charge in [0.2, 0.25) is 9.84 Å². The first kappa shape index (κ1) is 18.9. The fourth-order valence-electron chi connectivity index (χ4n) is 3.85. The molecule has 2 aliphatic heterocycles. The molecule has 2 unspecified atom stereocenters. The zero-order valence-corrected chi connectivity index (χ0v) is 16.4. The molecule has 1 amide bonds. The largest absolute Gasteiger partial charge is 0.488 e. The van der Waals surface area contributed by atoms with Crippen LogP contribution in [0.2, 0.25) is 0 Å². The molecule has 0 aromatic heterocycles. The number of hydrogen-bond acceptors (Lipinski definition) is 5. The molecule has 1 N–H and O–H groups in total. The highest BCUT2D eigenvalue weighted by Crippen LogP contribution is 2.43. The van der Waals surface area contributed by atoms with Crippen LogP contribution in [0.25, 0.3) is 0 Å². The standard InChI is InChI=1S/C20H21FN2O4S/c1-23(2)20(24)19-15(21)4-3-5-18(19)28(25,26)12-6-7-13-14-8-9-22-11-17(14)27-16(13)10-12/h3-7,10,14,17,22H,8-9,11H2,1-2H3. The molecule has 148 valence electrons. The minimum Gasteiger partial charge on any atom is -0.488 e. The van der Waals surface area contributed by atoms with Crippen LogP contribution in [0.5, 0.6) is 5.75 Å². The highest BCUT2D eigenvalue weighted by Gasteiger charge is 2.37. The quantitative estimate of drug-likeness (QED) is 0.849. The van der Waals surface area contributed by atoms with Gasteiger partial charge in [-0.25, -0.2) is 12.8 Å². The van der Waals surface area contributed by atoms with Gasteiger partial charge in [0, 0.05) is 32.1 Å². The first-order chi connectivity index (χ1) is 13.3. The molecule has 6 nitrogen and oxygen atoms in total. The Bertz CT molecular complexity index is 1050. The molecule has 2 heterocycles. The second kappa shape index (κ2) is 6.86. The van der Waals surface area contributed by atoms with E-state index in [0.29, 0.717) is 12.3 Å². The van der Waals surface area contributed by atoms with E-state index in [0.717, 1.165) is 29.5 Å². The minimum atomic E-state index is -4.11. The fourth-order valence-corrected chi connectivity index (χ4v) is 5.32. The second-order valence-electron chi connectivity index (χ2n) is 7.27. The third-order valence-electron chi connectivity index (χ3n) is 5.28. The lowest BCUT2D eigenvalue weighted by Gasteiger charge is -2.24. The number of piperidine rings is 1. The fraction of sp³-hybridized carbons (Fsp3) is 0.350. The Kier molecular flexibility index (Phi) is 4.63. The number of nitrogens with one attached hydrogen (secondary N) is 1. The van der Waals surface area contributed by atoms with Crippen LogP contribution in [0.3, 0.4) is 0 Å². The van der Waals surface area contributed by atoms with Gasteiger partial charge in [-0.1, -0.05) is 12.1 Å². The van der Waals surface area contributed by atoms with Crippen molar-refractivity contribution in [2.45, 2.75) is 28.2 Å². The van der Waals surface area contributed by atoms with E-state index in [1.165, 1.54) is 38.4 Å². The molecule has 0 aliphatic carbocycles. The molecule has 2 aromatic rings. The van der Waals surface area contributed by atoms with Crippen molar-refractivity contribution in [3.8, 4) is 5.75 Å².